The number of hydrogen-bond donors (Lipinski definition) is 1. The molecule has 2 aromatic rings. The molecule has 24 heavy (non-hydrogen) atoms. The summed E-state index contributed by atoms with van der Waals surface area (Å²) in [5.41, 5.74) is 1.16. The number of nitro groups is 1. The molecule has 126 valence electrons. The molecule has 2 atom stereocenters. The number of rotatable bonds is 6. The van der Waals surface area contributed by atoms with Crippen LogP contribution in [0.15, 0.2) is 36.4 Å². The molecule has 0 heterocycles. The molecule has 6 nitrogen and oxygen atoms in total. The van der Waals surface area contributed by atoms with E-state index in [4.69, 9.17) is 9.47 Å². The number of hydrogen-bond acceptors (Lipinski definition) is 5. The molecule has 0 amide bonds. The van der Waals surface area contributed by atoms with Gasteiger partial charge in [0.2, 0.25) is 0 Å². The van der Waals surface area contributed by atoms with Crippen LogP contribution in [0.2, 0.25) is 0 Å². The van der Waals surface area contributed by atoms with Crippen molar-refractivity contribution >= 4 is 11.4 Å². The summed E-state index contributed by atoms with van der Waals surface area (Å²) in [6.45, 7) is 0. The second-order valence-corrected chi connectivity index (χ2v) is 5.63. The highest BCUT2D eigenvalue weighted by Crippen LogP contribution is 2.46. The Hall–Kier alpha value is -2.83. The van der Waals surface area contributed by atoms with Crippen molar-refractivity contribution in [3.8, 4) is 11.5 Å². The summed E-state index contributed by atoms with van der Waals surface area (Å²) < 4.78 is 23.6. The van der Waals surface area contributed by atoms with Crippen molar-refractivity contribution in [3.05, 3.63) is 57.9 Å². The molecule has 1 fully saturated rings. The van der Waals surface area contributed by atoms with Gasteiger partial charge in [0.25, 0.3) is 5.69 Å². The Morgan fingerprint density at radius 3 is 2.54 bits per heavy atom. The fourth-order valence-corrected chi connectivity index (χ4v) is 2.79. The Kier molecular flexibility index (Phi) is 4.24. The van der Waals surface area contributed by atoms with E-state index in [0.717, 1.165) is 12.0 Å². The van der Waals surface area contributed by atoms with Gasteiger partial charge in [-0.15, -0.1) is 0 Å². The summed E-state index contributed by atoms with van der Waals surface area (Å²) in [5, 5.41) is 14.5. The lowest BCUT2D eigenvalue weighted by atomic mass is 10.1. The monoisotopic (exact) mass is 332 g/mol. The van der Waals surface area contributed by atoms with Gasteiger partial charge in [-0.2, -0.15) is 0 Å². The van der Waals surface area contributed by atoms with Crippen molar-refractivity contribution in [1.29, 1.82) is 0 Å². The van der Waals surface area contributed by atoms with Crippen LogP contribution in [0.25, 0.3) is 0 Å². The Bertz CT molecular complexity index is 781. The maximum Gasteiger partial charge on any atom is 0.296 e. The minimum absolute atomic E-state index is 0.0172. The molecule has 0 radical (unpaired) electrons. The van der Waals surface area contributed by atoms with Crippen molar-refractivity contribution in [2.75, 3.05) is 19.5 Å². The van der Waals surface area contributed by atoms with Crippen molar-refractivity contribution in [3.63, 3.8) is 0 Å². The first-order chi connectivity index (χ1) is 11.5. The molecule has 1 N–H and O–H groups in total. The third kappa shape index (κ3) is 3.10. The van der Waals surface area contributed by atoms with Crippen LogP contribution >= 0.6 is 0 Å². The fraction of sp³-hybridized carbons (Fsp3) is 0.294. The highest BCUT2D eigenvalue weighted by atomic mass is 19.1. The lowest BCUT2D eigenvalue weighted by Crippen LogP contribution is -2.07. The molecule has 0 aliphatic heterocycles. The molecule has 0 spiro atoms. The molecular formula is C17H17FN2O4. The van der Waals surface area contributed by atoms with Crippen molar-refractivity contribution < 1.29 is 18.8 Å². The molecule has 1 aliphatic carbocycles. The van der Waals surface area contributed by atoms with E-state index in [-0.39, 0.29) is 23.5 Å². The average molecular weight is 332 g/mol. The second kappa shape index (κ2) is 6.35. The first-order valence-electron chi connectivity index (χ1n) is 7.46. The largest absolute Gasteiger partial charge is 0.493 e. The van der Waals surface area contributed by atoms with E-state index < -0.39 is 4.92 Å². The fourth-order valence-electron chi connectivity index (χ4n) is 2.79. The van der Waals surface area contributed by atoms with Gasteiger partial charge in [-0.05, 0) is 24.1 Å². The molecule has 0 saturated heterocycles. The van der Waals surface area contributed by atoms with E-state index in [2.05, 4.69) is 5.32 Å². The van der Waals surface area contributed by atoms with Gasteiger partial charge in [-0.3, -0.25) is 10.1 Å². The number of nitrogens with one attached hydrogen (secondary N) is 1. The number of ether oxygens (including phenoxy) is 2. The number of nitro benzene ring substituents is 1. The second-order valence-electron chi connectivity index (χ2n) is 5.63. The molecule has 1 saturated carbocycles. The Labute approximate surface area is 138 Å². The van der Waals surface area contributed by atoms with E-state index in [0.29, 0.717) is 17.2 Å². The Balaban J connectivity index is 1.84. The number of benzene rings is 2. The highest BCUT2D eigenvalue weighted by molar-refractivity contribution is 5.69. The van der Waals surface area contributed by atoms with Gasteiger partial charge >= 0.3 is 0 Å². The smallest absolute Gasteiger partial charge is 0.296 e. The lowest BCUT2D eigenvalue weighted by molar-refractivity contribution is -0.384. The number of nitrogens with zero attached hydrogens (tertiary/aromatic N) is 1. The van der Waals surface area contributed by atoms with Crippen LogP contribution < -0.4 is 14.8 Å². The first kappa shape index (κ1) is 16.0. The van der Waals surface area contributed by atoms with Crippen LogP contribution in [0.1, 0.15) is 17.9 Å². The van der Waals surface area contributed by atoms with E-state index in [1.807, 2.05) is 6.07 Å². The normalized spacial score (nSPS) is 18.8. The van der Waals surface area contributed by atoms with Crippen LogP contribution in [0.3, 0.4) is 0 Å². The summed E-state index contributed by atoms with van der Waals surface area (Å²) in [5.74, 6) is 0.560. The predicted octanol–water partition coefficient (Wildman–Crippen LogP) is 3.72. The standard InChI is InChI=1S/C17H17FN2O4/c1-23-16-8-14(15(20(21)22)9-17(16)24-2)19-13-7-12(13)10-4-3-5-11(18)6-10/h3-6,8-9,12-13,19H,7H2,1-2H3/t12-,13+/m0/s1. The average Bonchev–Trinajstić information content (AvgIpc) is 3.33. The van der Waals surface area contributed by atoms with Gasteiger partial charge < -0.3 is 14.8 Å². The zero-order valence-electron chi connectivity index (χ0n) is 13.3. The lowest BCUT2D eigenvalue weighted by Gasteiger charge is -2.12. The first-order valence-corrected chi connectivity index (χ1v) is 7.46. The summed E-state index contributed by atoms with van der Waals surface area (Å²) >= 11 is 0. The Morgan fingerprint density at radius 1 is 1.21 bits per heavy atom. The van der Waals surface area contributed by atoms with Gasteiger partial charge in [0.1, 0.15) is 11.5 Å². The number of halogens is 1. The van der Waals surface area contributed by atoms with Gasteiger partial charge in [0.05, 0.1) is 25.2 Å². The van der Waals surface area contributed by atoms with Crippen LogP contribution in [0.4, 0.5) is 15.8 Å². The topological polar surface area (TPSA) is 73.6 Å². The van der Waals surface area contributed by atoms with Gasteiger partial charge in [0.15, 0.2) is 11.5 Å². The maximum absolute atomic E-state index is 13.3. The number of anilines is 1. The Morgan fingerprint density at radius 2 is 1.92 bits per heavy atom. The van der Waals surface area contributed by atoms with Crippen LogP contribution in [0, 0.1) is 15.9 Å². The number of methoxy groups -OCH3 is 2. The molecule has 0 aromatic heterocycles. The molecule has 0 bridgehead atoms. The van der Waals surface area contributed by atoms with Crippen LogP contribution in [0.5, 0.6) is 11.5 Å². The van der Waals surface area contributed by atoms with E-state index in [1.54, 1.807) is 12.1 Å². The molecule has 7 heteroatoms. The maximum atomic E-state index is 13.3. The van der Waals surface area contributed by atoms with E-state index in [9.17, 15) is 14.5 Å². The molecule has 0 unspecified atom stereocenters. The van der Waals surface area contributed by atoms with Gasteiger partial charge in [0, 0.05) is 18.0 Å². The summed E-state index contributed by atoms with van der Waals surface area (Å²) in [6.07, 6.45) is 0.787. The van der Waals surface area contributed by atoms with Crippen LogP contribution in [-0.2, 0) is 0 Å². The minimum Gasteiger partial charge on any atom is -0.493 e. The molecule has 3 rings (SSSR count). The minimum atomic E-state index is -0.468. The van der Waals surface area contributed by atoms with Gasteiger partial charge in [-0.25, -0.2) is 4.39 Å². The van der Waals surface area contributed by atoms with Gasteiger partial charge in [-0.1, -0.05) is 12.1 Å². The summed E-state index contributed by atoms with van der Waals surface area (Å²) in [7, 11) is 2.90. The molecule has 1 aliphatic rings. The van der Waals surface area contributed by atoms with Crippen molar-refractivity contribution in [2.45, 2.75) is 18.4 Å². The summed E-state index contributed by atoms with van der Waals surface area (Å²) in [6, 6.07) is 9.32. The quantitative estimate of drug-likeness (QED) is 0.645. The zero-order chi connectivity index (χ0) is 17.3. The zero-order valence-corrected chi connectivity index (χ0v) is 13.3. The highest BCUT2D eigenvalue weighted by Gasteiger charge is 2.39. The third-order valence-electron chi connectivity index (χ3n) is 4.11. The SMILES string of the molecule is COc1cc(N[C@@H]2C[C@H]2c2cccc(F)c2)c([N+](=O)[O-])cc1OC. The predicted molar refractivity (Wildman–Crippen MR) is 87.4 cm³/mol. The van der Waals surface area contributed by atoms with Crippen molar-refractivity contribution in [2.24, 2.45) is 0 Å². The third-order valence-corrected chi connectivity index (χ3v) is 4.11. The van der Waals surface area contributed by atoms with Crippen molar-refractivity contribution in [1.82, 2.24) is 0 Å². The van der Waals surface area contributed by atoms with Crippen LogP contribution in [-0.4, -0.2) is 25.2 Å². The molecular weight excluding hydrogens is 315 g/mol. The molecule has 2 aromatic carbocycles. The summed E-state index contributed by atoms with van der Waals surface area (Å²) in [4.78, 5) is 10.8. The van der Waals surface area contributed by atoms with E-state index in [1.165, 1.54) is 32.4 Å². The van der Waals surface area contributed by atoms with E-state index >= 15 is 0 Å².